The Labute approximate surface area is 122 Å². The van der Waals surface area contributed by atoms with Gasteiger partial charge in [0, 0.05) is 16.8 Å². The third kappa shape index (κ3) is 2.08. The van der Waals surface area contributed by atoms with Gasteiger partial charge in [-0.1, -0.05) is 6.92 Å². The summed E-state index contributed by atoms with van der Waals surface area (Å²) >= 11 is 0. The van der Waals surface area contributed by atoms with Crippen molar-refractivity contribution in [3.63, 3.8) is 0 Å². The Balaban J connectivity index is 2.20. The second kappa shape index (κ2) is 5.05. The van der Waals surface area contributed by atoms with E-state index in [1.807, 2.05) is 29.5 Å². The fourth-order valence-corrected chi connectivity index (χ4v) is 2.47. The molecule has 0 spiro atoms. The molecule has 0 saturated carbocycles. The highest BCUT2D eigenvalue weighted by Crippen LogP contribution is 2.28. The van der Waals surface area contributed by atoms with Crippen molar-refractivity contribution in [2.24, 2.45) is 0 Å². The molecule has 2 heterocycles. The molecule has 6 nitrogen and oxygen atoms in total. The minimum absolute atomic E-state index is 0.572. The second-order valence-electron chi connectivity index (χ2n) is 4.84. The molecule has 3 rings (SSSR count). The number of aryl methyl sites for hydroxylation is 2. The standard InChI is InChI=1S/C15H17N5O/c1-4-11-9(2)17-8-20-14(18-19-15(11)20)10-5-6-13(21-3)12(16)7-10/h5-8H,4,16H2,1-3H3. The number of aromatic nitrogens is 4. The van der Waals surface area contributed by atoms with Gasteiger partial charge in [0.25, 0.3) is 0 Å². The lowest BCUT2D eigenvalue weighted by Crippen LogP contribution is -1.99. The van der Waals surface area contributed by atoms with Crippen LogP contribution in [0.25, 0.3) is 17.0 Å². The first kappa shape index (κ1) is 13.4. The van der Waals surface area contributed by atoms with Crippen LogP contribution in [0.15, 0.2) is 24.5 Å². The van der Waals surface area contributed by atoms with Gasteiger partial charge in [-0.25, -0.2) is 4.98 Å². The maximum absolute atomic E-state index is 5.96. The molecule has 0 amide bonds. The summed E-state index contributed by atoms with van der Waals surface area (Å²) in [6.07, 6.45) is 2.62. The maximum Gasteiger partial charge on any atom is 0.169 e. The van der Waals surface area contributed by atoms with Crippen molar-refractivity contribution in [2.75, 3.05) is 12.8 Å². The van der Waals surface area contributed by atoms with Gasteiger partial charge in [0.05, 0.1) is 12.8 Å². The average Bonchev–Trinajstić information content (AvgIpc) is 2.91. The molecule has 2 N–H and O–H groups in total. The van der Waals surface area contributed by atoms with Gasteiger partial charge in [-0.05, 0) is 31.5 Å². The van der Waals surface area contributed by atoms with Crippen LogP contribution < -0.4 is 10.5 Å². The quantitative estimate of drug-likeness (QED) is 0.746. The van der Waals surface area contributed by atoms with Crippen LogP contribution in [-0.2, 0) is 6.42 Å². The molecule has 0 saturated heterocycles. The van der Waals surface area contributed by atoms with Crippen LogP contribution in [0.2, 0.25) is 0 Å². The van der Waals surface area contributed by atoms with E-state index in [0.29, 0.717) is 11.4 Å². The van der Waals surface area contributed by atoms with E-state index in [4.69, 9.17) is 10.5 Å². The van der Waals surface area contributed by atoms with Crippen molar-refractivity contribution in [1.29, 1.82) is 0 Å². The molecule has 0 radical (unpaired) electrons. The lowest BCUT2D eigenvalue weighted by atomic mass is 10.1. The second-order valence-corrected chi connectivity index (χ2v) is 4.84. The van der Waals surface area contributed by atoms with Gasteiger partial charge in [0.1, 0.15) is 12.1 Å². The van der Waals surface area contributed by atoms with E-state index in [1.54, 1.807) is 13.4 Å². The molecule has 1 aromatic carbocycles. The minimum atomic E-state index is 0.572. The number of rotatable bonds is 3. The van der Waals surface area contributed by atoms with Crippen LogP contribution in [0.5, 0.6) is 5.75 Å². The highest BCUT2D eigenvalue weighted by atomic mass is 16.5. The van der Waals surface area contributed by atoms with Crippen molar-refractivity contribution >= 4 is 11.3 Å². The van der Waals surface area contributed by atoms with Crippen molar-refractivity contribution in [1.82, 2.24) is 19.6 Å². The number of nitrogens with zero attached hydrogens (tertiary/aromatic N) is 4. The van der Waals surface area contributed by atoms with Crippen molar-refractivity contribution in [2.45, 2.75) is 20.3 Å². The molecule has 0 fully saturated rings. The van der Waals surface area contributed by atoms with Gasteiger partial charge in [-0.3, -0.25) is 4.40 Å². The van der Waals surface area contributed by atoms with Crippen molar-refractivity contribution in [3.8, 4) is 17.1 Å². The Bertz CT molecular complexity index is 809. The molecule has 0 bridgehead atoms. The van der Waals surface area contributed by atoms with Crippen LogP contribution >= 0.6 is 0 Å². The Morgan fingerprint density at radius 3 is 2.76 bits per heavy atom. The molecule has 0 atom stereocenters. The van der Waals surface area contributed by atoms with Gasteiger partial charge < -0.3 is 10.5 Å². The molecular formula is C15H17N5O. The minimum Gasteiger partial charge on any atom is -0.495 e. The Morgan fingerprint density at radius 1 is 1.29 bits per heavy atom. The molecule has 6 heteroatoms. The Morgan fingerprint density at radius 2 is 2.10 bits per heavy atom. The summed E-state index contributed by atoms with van der Waals surface area (Å²) in [6.45, 7) is 4.07. The Kier molecular flexibility index (Phi) is 3.21. The van der Waals surface area contributed by atoms with Crippen LogP contribution in [0.4, 0.5) is 5.69 Å². The topological polar surface area (TPSA) is 78.3 Å². The maximum atomic E-state index is 5.96. The van der Waals surface area contributed by atoms with E-state index >= 15 is 0 Å². The molecule has 0 aliphatic heterocycles. The number of ether oxygens (including phenoxy) is 1. The number of nitrogen functional groups attached to an aromatic ring is 1. The van der Waals surface area contributed by atoms with E-state index < -0.39 is 0 Å². The van der Waals surface area contributed by atoms with Crippen LogP contribution in [0.1, 0.15) is 18.2 Å². The zero-order chi connectivity index (χ0) is 15.0. The van der Waals surface area contributed by atoms with Crippen molar-refractivity contribution in [3.05, 3.63) is 35.8 Å². The number of hydrogen-bond donors (Lipinski definition) is 1. The monoisotopic (exact) mass is 283 g/mol. The van der Waals surface area contributed by atoms with Gasteiger partial charge >= 0.3 is 0 Å². The first-order valence-corrected chi connectivity index (χ1v) is 6.78. The molecule has 0 unspecified atom stereocenters. The third-order valence-electron chi connectivity index (χ3n) is 3.61. The zero-order valence-electron chi connectivity index (χ0n) is 12.3. The fraction of sp³-hybridized carbons (Fsp3) is 0.267. The van der Waals surface area contributed by atoms with E-state index in [2.05, 4.69) is 22.1 Å². The van der Waals surface area contributed by atoms with Crippen LogP contribution in [0.3, 0.4) is 0 Å². The Hall–Kier alpha value is -2.63. The predicted molar refractivity (Wildman–Crippen MR) is 81.3 cm³/mol. The summed E-state index contributed by atoms with van der Waals surface area (Å²) < 4.78 is 7.07. The van der Waals surface area contributed by atoms with E-state index in [1.165, 1.54) is 0 Å². The van der Waals surface area contributed by atoms with E-state index in [0.717, 1.165) is 34.7 Å². The molecule has 3 aromatic rings. The van der Waals surface area contributed by atoms with Crippen molar-refractivity contribution < 1.29 is 4.74 Å². The normalized spacial score (nSPS) is 11.0. The van der Waals surface area contributed by atoms with E-state index in [9.17, 15) is 0 Å². The fourth-order valence-electron chi connectivity index (χ4n) is 2.47. The number of anilines is 1. The lowest BCUT2D eigenvalue weighted by molar-refractivity contribution is 0.417. The largest absolute Gasteiger partial charge is 0.495 e. The summed E-state index contributed by atoms with van der Waals surface area (Å²) in [5.74, 6) is 1.37. The predicted octanol–water partition coefficient (Wildman–Crippen LogP) is 2.25. The molecular weight excluding hydrogens is 266 g/mol. The summed E-state index contributed by atoms with van der Waals surface area (Å²) in [5.41, 5.74) is 10.4. The number of benzene rings is 1. The first-order chi connectivity index (χ1) is 10.2. The summed E-state index contributed by atoms with van der Waals surface area (Å²) in [5, 5.41) is 8.59. The number of fused-ring (bicyclic) bond motifs is 1. The van der Waals surface area contributed by atoms with Gasteiger partial charge in [-0.2, -0.15) is 0 Å². The average molecular weight is 283 g/mol. The zero-order valence-corrected chi connectivity index (χ0v) is 12.3. The van der Waals surface area contributed by atoms with Gasteiger partial charge in [0.15, 0.2) is 11.5 Å². The lowest BCUT2D eigenvalue weighted by Gasteiger charge is -2.07. The highest BCUT2D eigenvalue weighted by Gasteiger charge is 2.14. The highest BCUT2D eigenvalue weighted by molar-refractivity contribution is 5.68. The summed E-state index contributed by atoms with van der Waals surface area (Å²) in [4.78, 5) is 4.42. The smallest absolute Gasteiger partial charge is 0.169 e. The molecule has 108 valence electrons. The molecule has 21 heavy (non-hydrogen) atoms. The van der Waals surface area contributed by atoms with Gasteiger partial charge in [0.2, 0.25) is 0 Å². The molecule has 0 aliphatic rings. The van der Waals surface area contributed by atoms with E-state index in [-0.39, 0.29) is 0 Å². The number of methoxy groups -OCH3 is 1. The number of nitrogens with two attached hydrogens (primary N) is 1. The first-order valence-electron chi connectivity index (χ1n) is 6.78. The van der Waals surface area contributed by atoms with Crippen LogP contribution in [-0.4, -0.2) is 26.7 Å². The van der Waals surface area contributed by atoms with Crippen LogP contribution in [0, 0.1) is 6.92 Å². The molecule has 2 aromatic heterocycles. The van der Waals surface area contributed by atoms with Gasteiger partial charge in [-0.15, -0.1) is 10.2 Å². The number of hydrogen-bond acceptors (Lipinski definition) is 5. The molecule has 0 aliphatic carbocycles. The summed E-state index contributed by atoms with van der Waals surface area (Å²) in [6, 6.07) is 5.58. The third-order valence-corrected chi connectivity index (χ3v) is 3.61. The summed E-state index contributed by atoms with van der Waals surface area (Å²) in [7, 11) is 1.60. The SMILES string of the molecule is CCc1c(C)ncn2c(-c3ccc(OC)c(N)c3)nnc12.